The Labute approximate surface area is 102 Å². The zero-order valence-corrected chi connectivity index (χ0v) is 10.5. The van der Waals surface area contributed by atoms with Crippen molar-refractivity contribution in [3.05, 3.63) is 58.5 Å². The smallest absolute Gasteiger partial charge is 0.106 e. The van der Waals surface area contributed by atoms with Crippen molar-refractivity contribution >= 4 is 0 Å². The first-order chi connectivity index (χ1) is 8.08. The summed E-state index contributed by atoms with van der Waals surface area (Å²) in [6, 6.07) is 7.94. The van der Waals surface area contributed by atoms with Crippen molar-refractivity contribution in [2.45, 2.75) is 33.3 Å². The molecule has 0 aliphatic rings. The molecular formula is C15H18O2. The van der Waals surface area contributed by atoms with Crippen molar-refractivity contribution in [3.8, 4) is 0 Å². The Morgan fingerprint density at radius 1 is 1.18 bits per heavy atom. The minimum Gasteiger partial charge on any atom is -0.469 e. The van der Waals surface area contributed by atoms with Gasteiger partial charge in [0, 0.05) is 6.42 Å². The van der Waals surface area contributed by atoms with E-state index in [2.05, 4.69) is 19.1 Å². The quantitative estimate of drug-likeness (QED) is 0.875. The summed E-state index contributed by atoms with van der Waals surface area (Å²) in [4.78, 5) is 0. The maximum atomic E-state index is 10.3. The molecule has 0 saturated carbocycles. The highest BCUT2D eigenvalue weighted by atomic mass is 16.3. The molecule has 0 radical (unpaired) electrons. The first kappa shape index (κ1) is 11.9. The van der Waals surface area contributed by atoms with Crippen LogP contribution in [0.5, 0.6) is 0 Å². The molecule has 2 heteroatoms. The number of aliphatic hydroxyl groups excluding tert-OH is 1. The third-order valence-electron chi connectivity index (χ3n) is 3.05. The van der Waals surface area contributed by atoms with E-state index in [9.17, 15) is 5.11 Å². The number of hydrogen-bond acceptors (Lipinski definition) is 2. The average molecular weight is 230 g/mol. The van der Waals surface area contributed by atoms with E-state index < -0.39 is 6.10 Å². The van der Waals surface area contributed by atoms with Gasteiger partial charge in [0.15, 0.2) is 0 Å². The van der Waals surface area contributed by atoms with Crippen LogP contribution in [0.1, 0.15) is 34.1 Å². The van der Waals surface area contributed by atoms with Crippen LogP contribution in [0.15, 0.2) is 34.9 Å². The lowest BCUT2D eigenvalue weighted by molar-refractivity contribution is 0.169. The van der Waals surface area contributed by atoms with Crippen LogP contribution in [0.2, 0.25) is 0 Å². The van der Waals surface area contributed by atoms with Gasteiger partial charge in [0.05, 0.1) is 12.4 Å². The molecule has 17 heavy (non-hydrogen) atoms. The summed E-state index contributed by atoms with van der Waals surface area (Å²) in [6.45, 7) is 6.16. The molecule has 1 aromatic heterocycles. The molecule has 2 rings (SSSR count). The Morgan fingerprint density at radius 2 is 1.82 bits per heavy atom. The van der Waals surface area contributed by atoms with Crippen molar-refractivity contribution in [2.75, 3.05) is 0 Å². The van der Waals surface area contributed by atoms with E-state index in [0.717, 1.165) is 22.5 Å². The molecule has 0 fully saturated rings. The Balaban J connectivity index is 2.27. The van der Waals surface area contributed by atoms with E-state index in [1.807, 2.05) is 26.0 Å². The van der Waals surface area contributed by atoms with Crippen molar-refractivity contribution in [2.24, 2.45) is 0 Å². The van der Waals surface area contributed by atoms with E-state index in [0.29, 0.717) is 6.42 Å². The van der Waals surface area contributed by atoms with E-state index in [1.54, 1.807) is 6.26 Å². The fourth-order valence-corrected chi connectivity index (χ4v) is 2.44. The second kappa shape index (κ2) is 4.76. The number of aliphatic hydroxyl groups is 1. The van der Waals surface area contributed by atoms with Gasteiger partial charge in [0.25, 0.3) is 0 Å². The molecule has 0 aliphatic heterocycles. The van der Waals surface area contributed by atoms with Gasteiger partial charge in [-0.1, -0.05) is 17.7 Å². The Morgan fingerprint density at radius 3 is 2.35 bits per heavy atom. The van der Waals surface area contributed by atoms with E-state index in [1.165, 1.54) is 5.56 Å². The lowest BCUT2D eigenvalue weighted by Gasteiger charge is -2.16. The molecule has 0 spiro atoms. The second-order valence-corrected chi connectivity index (χ2v) is 4.61. The standard InChI is InChI=1S/C15H18O2/c1-10-7-11(2)15(12(3)8-10)14(16)9-13-5-4-6-17-13/h4-8,14,16H,9H2,1-3H3. The van der Waals surface area contributed by atoms with Gasteiger partial charge in [0.1, 0.15) is 5.76 Å². The molecule has 1 heterocycles. The maximum absolute atomic E-state index is 10.3. The molecule has 2 aromatic rings. The van der Waals surface area contributed by atoms with Crippen LogP contribution in [-0.2, 0) is 6.42 Å². The van der Waals surface area contributed by atoms with Gasteiger partial charge in [-0.3, -0.25) is 0 Å². The Hall–Kier alpha value is -1.54. The molecule has 1 N–H and O–H groups in total. The van der Waals surface area contributed by atoms with Crippen molar-refractivity contribution in [1.29, 1.82) is 0 Å². The van der Waals surface area contributed by atoms with Gasteiger partial charge in [0.2, 0.25) is 0 Å². The molecule has 1 aromatic carbocycles. The SMILES string of the molecule is Cc1cc(C)c(C(O)Cc2ccco2)c(C)c1. The molecule has 90 valence electrons. The summed E-state index contributed by atoms with van der Waals surface area (Å²) < 4.78 is 5.27. The number of aryl methyl sites for hydroxylation is 3. The molecule has 0 aliphatic carbocycles. The number of furan rings is 1. The lowest BCUT2D eigenvalue weighted by Crippen LogP contribution is -2.06. The van der Waals surface area contributed by atoms with Crippen molar-refractivity contribution < 1.29 is 9.52 Å². The van der Waals surface area contributed by atoms with Gasteiger partial charge < -0.3 is 9.52 Å². The number of hydrogen-bond donors (Lipinski definition) is 1. The molecule has 0 saturated heterocycles. The van der Waals surface area contributed by atoms with Crippen LogP contribution in [0.4, 0.5) is 0 Å². The number of rotatable bonds is 3. The summed E-state index contributed by atoms with van der Waals surface area (Å²) in [5, 5.41) is 10.3. The zero-order chi connectivity index (χ0) is 12.4. The highest BCUT2D eigenvalue weighted by Crippen LogP contribution is 2.26. The Kier molecular flexibility index (Phi) is 3.34. The fraction of sp³-hybridized carbons (Fsp3) is 0.333. The summed E-state index contributed by atoms with van der Waals surface area (Å²) in [5.74, 6) is 0.817. The molecule has 2 nitrogen and oxygen atoms in total. The summed E-state index contributed by atoms with van der Waals surface area (Å²) in [7, 11) is 0. The highest BCUT2D eigenvalue weighted by molar-refractivity contribution is 5.39. The monoisotopic (exact) mass is 230 g/mol. The first-order valence-electron chi connectivity index (χ1n) is 5.86. The van der Waals surface area contributed by atoms with Gasteiger partial charge in [-0.05, 0) is 49.6 Å². The predicted octanol–water partition coefficient (Wildman–Crippen LogP) is 3.48. The van der Waals surface area contributed by atoms with Crippen LogP contribution >= 0.6 is 0 Å². The highest BCUT2D eigenvalue weighted by Gasteiger charge is 2.15. The third-order valence-corrected chi connectivity index (χ3v) is 3.05. The minimum absolute atomic E-state index is 0.498. The van der Waals surface area contributed by atoms with E-state index in [4.69, 9.17) is 4.42 Å². The molecular weight excluding hydrogens is 212 g/mol. The summed E-state index contributed by atoms with van der Waals surface area (Å²) in [5.41, 5.74) is 4.53. The number of benzene rings is 1. The third kappa shape index (κ3) is 2.59. The zero-order valence-electron chi connectivity index (χ0n) is 10.5. The van der Waals surface area contributed by atoms with Gasteiger partial charge in [-0.2, -0.15) is 0 Å². The van der Waals surface area contributed by atoms with Crippen LogP contribution in [0, 0.1) is 20.8 Å². The minimum atomic E-state index is -0.498. The molecule has 0 amide bonds. The average Bonchev–Trinajstić information content (AvgIpc) is 2.68. The van der Waals surface area contributed by atoms with Crippen LogP contribution in [0.3, 0.4) is 0 Å². The van der Waals surface area contributed by atoms with E-state index >= 15 is 0 Å². The van der Waals surface area contributed by atoms with E-state index in [-0.39, 0.29) is 0 Å². The maximum Gasteiger partial charge on any atom is 0.106 e. The summed E-state index contributed by atoms with van der Waals surface area (Å²) >= 11 is 0. The topological polar surface area (TPSA) is 33.4 Å². The predicted molar refractivity (Wildman–Crippen MR) is 68.0 cm³/mol. The molecule has 0 bridgehead atoms. The lowest BCUT2D eigenvalue weighted by atomic mass is 9.94. The first-order valence-corrected chi connectivity index (χ1v) is 5.86. The van der Waals surface area contributed by atoms with Crippen LogP contribution in [-0.4, -0.2) is 5.11 Å². The van der Waals surface area contributed by atoms with Gasteiger partial charge in [-0.25, -0.2) is 0 Å². The van der Waals surface area contributed by atoms with Gasteiger partial charge >= 0.3 is 0 Å². The van der Waals surface area contributed by atoms with Crippen LogP contribution < -0.4 is 0 Å². The second-order valence-electron chi connectivity index (χ2n) is 4.61. The largest absolute Gasteiger partial charge is 0.469 e. The van der Waals surface area contributed by atoms with Crippen LogP contribution in [0.25, 0.3) is 0 Å². The normalized spacial score (nSPS) is 12.7. The van der Waals surface area contributed by atoms with Crippen molar-refractivity contribution in [1.82, 2.24) is 0 Å². The molecule has 1 atom stereocenters. The van der Waals surface area contributed by atoms with Crippen molar-refractivity contribution in [3.63, 3.8) is 0 Å². The molecule has 1 unspecified atom stereocenters. The van der Waals surface area contributed by atoms with Gasteiger partial charge in [-0.15, -0.1) is 0 Å². The fourth-order valence-electron chi connectivity index (χ4n) is 2.44. The summed E-state index contributed by atoms with van der Waals surface area (Å²) in [6.07, 6.45) is 1.66. The Bertz CT molecular complexity index is 475.